The summed E-state index contributed by atoms with van der Waals surface area (Å²) in [4.78, 5) is 0. The molecule has 0 saturated heterocycles. The molecule has 0 saturated carbocycles. The van der Waals surface area contributed by atoms with Gasteiger partial charge in [-0.1, -0.05) is 64.7 Å². The van der Waals surface area contributed by atoms with Gasteiger partial charge in [0.05, 0.1) is 6.61 Å². The summed E-state index contributed by atoms with van der Waals surface area (Å²) in [7, 11) is 0. The van der Waals surface area contributed by atoms with Gasteiger partial charge in [0.1, 0.15) is 14.2 Å². The first kappa shape index (κ1) is 21.5. The van der Waals surface area contributed by atoms with Crippen molar-refractivity contribution in [3.63, 3.8) is 0 Å². The van der Waals surface area contributed by atoms with Crippen LogP contribution in [0.25, 0.3) is 0 Å². The van der Waals surface area contributed by atoms with Crippen molar-refractivity contribution >= 4 is 43.2 Å². The van der Waals surface area contributed by atoms with Gasteiger partial charge in [0, 0.05) is 6.61 Å². The molecule has 1 aliphatic heterocycles. The molecule has 144 valence electrons. The van der Waals surface area contributed by atoms with Crippen molar-refractivity contribution < 1.29 is 14.2 Å². The largest absolute Gasteiger partial charge is 0.484 e. The molecule has 0 spiro atoms. The van der Waals surface area contributed by atoms with E-state index in [2.05, 4.69) is 38.8 Å². The molecule has 1 unspecified atom stereocenters. The smallest absolute Gasteiger partial charge is 0.188 e. The van der Waals surface area contributed by atoms with Crippen molar-refractivity contribution in [2.75, 3.05) is 19.8 Å². The normalized spacial score (nSPS) is 16.4. The Hall–Kier alpha value is 0.220. The van der Waals surface area contributed by atoms with E-state index < -0.39 is 0 Å². The molecule has 0 bridgehead atoms. The molecule has 1 aromatic heterocycles. The number of fused-ring (bicyclic) bond motifs is 1. The quantitative estimate of drug-likeness (QED) is 0.266. The van der Waals surface area contributed by atoms with Gasteiger partial charge in [0.2, 0.25) is 0 Å². The average molecular weight is 498 g/mol. The molecular formula is C19H30Br2O3S. The van der Waals surface area contributed by atoms with Crippen LogP contribution >= 0.6 is 43.2 Å². The summed E-state index contributed by atoms with van der Waals surface area (Å²) in [6.07, 6.45) is 13.5. The number of hydrogen-bond acceptors (Lipinski definition) is 4. The Morgan fingerprint density at radius 1 is 0.920 bits per heavy atom. The molecule has 0 aromatic carbocycles. The minimum atomic E-state index is -0.0200. The van der Waals surface area contributed by atoms with E-state index in [1.807, 2.05) is 0 Å². The number of rotatable bonds is 13. The first-order chi connectivity index (χ1) is 12.2. The van der Waals surface area contributed by atoms with Crippen LogP contribution in [0.15, 0.2) is 7.57 Å². The topological polar surface area (TPSA) is 27.7 Å². The number of ether oxygens (including phenoxy) is 3. The van der Waals surface area contributed by atoms with Gasteiger partial charge in [0.15, 0.2) is 17.6 Å². The fourth-order valence-electron chi connectivity index (χ4n) is 2.94. The first-order valence-corrected chi connectivity index (χ1v) is 12.0. The van der Waals surface area contributed by atoms with Crippen LogP contribution in [0, 0.1) is 0 Å². The molecule has 0 N–H and O–H groups in total. The molecule has 0 amide bonds. The molecule has 0 radical (unpaired) electrons. The van der Waals surface area contributed by atoms with Crippen molar-refractivity contribution in [3.8, 4) is 11.5 Å². The standard InChI is InChI=1S/C19H30Br2O3S/c1-2-3-4-5-6-7-8-9-10-11-12-22-13-15-14-23-16-17(24-15)19(21)25-18(16)20/h15H,2-14H2,1H3. The van der Waals surface area contributed by atoms with Crippen LogP contribution in [0.5, 0.6) is 11.5 Å². The van der Waals surface area contributed by atoms with Crippen LogP contribution in [0.1, 0.15) is 71.1 Å². The predicted molar refractivity (Wildman–Crippen MR) is 112 cm³/mol. The number of hydrogen-bond donors (Lipinski definition) is 0. The third kappa shape index (κ3) is 7.77. The monoisotopic (exact) mass is 496 g/mol. The van der Waals surface area contributed by atoms with E-state index in [9.17, 15) is 0 Å². The molecule has 0 fully saturated rings. The van der Waals surface area contributed by atoms with E-state index >= 15 is 0 Å². The van der Waals surface area contributed by atoms with Gasteiger partial charge in [-0.15, -0.1) is 11.3 Å². The highest BCUT2D eigenvalue weighted by atomic mass is 79.9. The van der Waals surface area contributed by atoms with Gasteiger partial charge >= 0.3 is 0 Å². The van der Waals surface area contributed by atoms with E-state index in [-0.39, 0.29) is 6.10 Å². The molecule has 2 rings (SSSR count). The van der Waals surface area contributed by atoms with Crippen molar-refractivity contribution in [3.05, 3.63) is 7.57 Å². The summed E-state index contributed by atoms with van der Waals surface area (Å²) in [5.41, 5.74) is 0. The van der Waals surface area contributed by atoms with E-state index in [4.69, 9.17) is 14.2 Å². The minimum Gasteiger partial charge on any atom is -0.484 e. The molecule has 25 heavy (non-hydrogen) atoms. The Bertz CT molecular complexity index is 493. The lowest BCUT2D eigenvalue weighted by atomic mass is 10.1. The van der Waals surface area contributed by atoms with E-state index in [1.165, 1.54) is 57.8 Å². The molecule has 3 nitrogen and oxygen atoms in total. The summed E-state index contributed by atoms with van der Waals surface area (Å²) in [6, 6.07) is 0. The SMILES string of the molecule is CCCCCCCCCCCCOCC1COc2c(Br)sc(Br)c2O1. The molecule has 1 atom stereocenters. The van der Waals surface area contributed by atoms with Gasteiger partial charge in [-0.25, -0.2) is 0 Å². The van der Waals surface area contributed by atoms with Crippen LogP contribution in [-0.4, -0.2) is 25.9 Å². The van der Waals surface area contributed by atoms with Gasteiger partial charge in [0.25, 0.3) is 0 Å². The molecule has 1 aliphatic rings. The van der Waals surface area contributed by atoms with E-state index in [1.54, 1.807) is 11.3 Å². The fraction of sp³-hybridized carbons (Fsp3) is 0.789. The van der Waals surface area contributed by atoms with Crippen molar-refractivity contribution in [1.29, 1.82) is 0 Å². The van der Waals surface area contributed by atoms with Crippen molar-refractivity contribution in [2.24, 2.45) is 0 Å². The van der Waals surface area contributed by atoms with Gasteiger partial charge in [-0.2, -0.15) is 0 Å². The van der Waals surface area contributed by atoms with Gasteiger partial charge in [-0.05, 0) is 38.3 Å². The second-order valence-corrected chi connectivity index (χ2v) is 10.3. The number of thiophene rings is 1. The van der Waals surface area contributed by atoms with Crippen LogP contribution in [0.3, 0.4) is 0 Å². The van der Waals surface area contributed by atoms with Crippen LogP contribution in [0.2, 0.25) is 0 Å². The average Bonchev–Trinajstić information content (AvgIpc) is 2.90. The number of unbranched alkanes of at least 4 members (excludes halogenated alkanes) is 9. The van der Waals surface area contributed by atoms with Crippen LogP contribution < -0.4 is 9.47 Å². The molecule has 6 heteroatoms. The third-order valence-corrected chi connectivity index (χ3v) is 6.81. The molecule has 1 aromatic rings. The summed E-state index contributed by atoms with van der Waals surface area (Å²) in [5, 5.41) is 0. The zero-order valence-corrected chi connectivity index (χ0v) is 19.1. The van der Waals surface area contributed by atoms with Crippen molar-refractivity contribution in [1.82, 2.24) is 0 Å². The summed E-state index contributed by atoms with van der Waals surface area (Å²) < 4.78 is 19.5. The molecular weight excluding hydrogens is 468 g/mol. The maximum absolute atomic E-state index is 5.97. The van der Waals surface area contributed by atoms with E-state index in [0.717, 1.165) is 32.1 Å². The molecule has 2 heterocycles. The Kier molecular flexibility index (Phi) is 10.8. The Morgan fingerprint density at radius 3 is 2.20 bits per heavy atom. The van der Waals surface area contributed by atoms with Crippen LogP contribution in [0.4, 0.5) is 0 Å². The second-order valence-electron chi connectivity index (χ2n) is 6.62. The number of halogens is 2. The zero-order valence-electron chi connectivity index (χ0n) is 15.2. The highest BCUT2D eigenvalue weighted by molar-refractivity contribution is 9.12. The summed E-state index contributed by atoms with van der Waals surface area (Å²) >= 11 is 8.58. The minimum absolute atomic E-state index is 0.0200. The maximum atomic E-state index is 5.97. The Labute approximate surface area is 173 Å². The summed E-state index contributed by atoms with van der Waals surface area (Å²) in [5.74, 6) is 1.61. The van der Waals surface area contributed by atoms with Crippen molar-refractivity contribution in [2.45, 2.75) is 77.2 Å². The summed E-state index contributed by atoms with van der Waals surface area (Å²) in [6.45, 7) is 4.23. The van der Waals surface area contributed by atoms with E-state index in [0.29, 0.717) is 13.2 Å². The predicted octanol–water partition coefficient (Wildman–Crippen LogP) is 7.35. The lowest BCUT2D eigenvalue weighted by molar-refractivity contribution is 0.00772. The fourth-order valence-corrected chi connectivity index (χ4v) is 5.76. The van der Waals surface area contributed by atoms with Crippen LogP contribution in [-0.2, 0) is 4.74 Å². The second kappa shape index (κ2) is 12.6. The highest BCUT2D eigenvalue weighted by Crippen LogP contribution is 2.50. The lowest BCUT2D eigenvalue weighted by Crippen LogP contribution is -2.33. The van der Waals surface area contributed by atoms with Gasteiger partial charge in [-0.3, -0.25) is 0 Å². The lowest BCUT2D eigenvalue weighted by Gasteiger charge is -2.25. The Balaban J connectivity index is 1.43. The molecule has 0 aliphatic carbocycles. The third-order valence-electron chi connectivity index (χ3n) is 4.39. The zero-order chi connectivity index (χ0) is 17.9. The van der Waals surface area contributed by atoms with Gasteiger partial charge < -0.3 is 14.2 Å². The Morgan fingerprint density at radius 2 is 1.52 bits per heavy atom. The first-order valence-electron chi connectivity index (χ1n) is 9.57. The maximum Gasteiger partial charge on any atom is 0.188 e. The highest BCUT2D eigenvalue weighted by Gasteiger charge is 2.27.